The maximum atomic E-state index is 13.0. The smallest absolute Gasteiger partial charge is 0.410 e. The van der Waals surface area contributed by atoms with Crippen LogP contribution in [0, 0.1) is 5.92 Å². The number of fused-ring (bicyclic) bond motifs is 2. The topological polar surface area (TPSA) is 94.4 Å². The summed E-state index contributed by atoms with van der Waals surface area (Å²) in [7, 11) is 1.71. The fourth-order valence-corrected chi connectivity index (χ4v) is 5.51. The van der Waals surface area contributed by atoms with Crippen molar-refractivity contribution in [3.05, 3.63) is 5.82 Å². The number of nitrogens with zero attached hydrogens (tertiary/aromatic N) is 5. The van der Waals surface area contributed by atoms with Crippen molar-refractivity contribution < 1.29 is 14.3 Å². The van der Waals surface area contributed by atoms with Gasteiger partial charge >= 0.3 is 6.09 Å². The van der Waals surface area contributed by atoms with Crippen molar-refractivity contribution in [3.8, 4) is 0 Å². The summed E-state index contributed by atoms with van der Waals surface area (Å²) >= 11 is 0. The highest BCUT2D eigenvalue weighted by atomic mass is 16.6. The molecule has 0 aromatic carbocycles. The Morgan fingerprint density at radius 1 is 1.26 bits per heavy atom. The van der Waals surface area contributed by atoms with Crippen molar-refractivity contribution >= 4 is 6.09 Å². The van der Waals surface area contributed by atoms with Crippen LogP contribution in [0.15, 0.2) is 0 Å². The van der Waals surface area contributed by atoms with Gasteiger partial charge < -0.3 is 19.7 Å². The van der Waals surface area contributed by atoms with Gasteiger partial charge in [-0.15, -0.1) is 5.10 Å². The molecular formula is C22H38N6O3. The van der Waals surface area contributed by atoms with Crippen LogP contribution in [-0.4, -0.2) is 68.6 Å². The molecule has 2 aliphatic heterocycles. The molecule has 1 aromatic heterocycles. The van der Waals surface area contributed by atoms with E-state index in [9.17, 15) is 4.79 Å². The summed E-state index contributed by atoms with van der Waals surface area (Å²) in [5.41, 5.74) is -0.799. The lowest BCUT2D eigenvalue weighted by Gasteiger charge is -2.46. The van der Waals surface area contributed by atoms with Crippen LogP contribution < -0.4 is 5.32 Å². The lowest BCUT2D eigenvalue weighted by molar-refractivity contribution is -0.00697. The van der Waals surface area contributed by atoms with Crippen LogP contribution in [0.4, 0.5) is 4.79 Å². The number of rotatable bonds is 8. The Balaban J connectivity index is 1.58. The highest BCUT2D eigenvalue weighted by molar-refractivity contribution is 5.69. The van der Waals surface area contributed by atoms with Gasteiger partial charge in [0.2, 0.25) is 0 Å². The van der Waals surface area contributed by atoms with Gasteiger partial charge in [0.25, 0.3) is 0 Å². The fourth-order valence-electron chi connectivity index (χ4n) is 5.51. The van der Waals surface area contributed by atoms with E-state index in [1.54, 1.807) is 7.11 Å². The Hall–Kier alpha value is -1.74. The Bertz CT molecular complexity index is 762. The van der Waals surface area contributed by atoms with Crippen molar-refractivity contribution in [2.24, 2.45) is 5.92 Å². The van der Waals surface area contributed by atoms with E-state index in [1.165, 1.54) is 12.8 Å². The summed E-state index contributed by atoms with van der Waals surface area (Å²) in [6.07, 6.45) is 6.70. The van der Waals surface area contributed by atoms with Gasteiger partial charge in [-0.05, 0) is 75.6 Å². The molecule has 2 saturated heterocycles. The van der Waals surface area contributed by atoms with Crippen LogP contribution in [0.2, 0.25) is 0 Å². The van der Waals surface area contributed by atoms with Crippen LogP contribution in [0.25, 0.3) is 0 Å². The monoisotopic (exact) mass is 434 g/mol. The Morgan fingerprint density at radius 3 is 2.55 bits per heavy atom. The van der Waals surface area contributed by atoms with E-state index in [-0.39, 0.29) is 23.7 Å². The van der Waals surface area contributed by atoms with Crippen molar-refractivity contribution in [2.75, 3.05) is 13.7 Å². The highest BCUT2D eigenvalue weighted by Crippen LogP contribution is 2.48. The van der Waals surface area contributed by atoms with Gasteiger partial charge in [0.1, 0.15) is 5.60 Å². The molecule has 1 N–H and O–H groups in total. The average molecular weight is 435 g/mol. The maximum absolute atomic E-state index is 13.0. The number of nitrogens with one attached hydrogen (secondary N) is 1. The molecule has 4 atom stereocenters. The molecule has 3 heterocycles. The van der Waals surface area contributed by atoms with Crippen LogP contribution in [0.1, 0.15) is 78.5 Å². The Morgan fingerprint density at radius 2 is 1.97 bits per heavy atom. The third-order valence-electron chi connectivity index (χ3n) is 6.98. The van der Waals surface area contributed by atoms with Gasteiger partial charge in [0, 0.05) is 38.4 Å². The first-order chi connectivity index (χ1) is 14.8. The molecule has 2 bridgehead atoms. The molecule has 1 aromatic rings. The largest absolute Gasteiger partial charge is 0.444 e. The minimum Gasteiger partial charge on any atom is -0.444 e. The quantitative estimate of drug-likeness (QED) is 0.629. The lowest BCUT2D eigenvalue weighted by atomic mass is 9.81. The molecule has 0 radical (unpaired) electrons. The molecular weight excluding hydrogens is 396 g/mol. The van der Waals surface area contributed by atoms with Gasteiger partial charge in [-0.1, -0.05) is 13.3 Å². The summed E-state index contributed by atoms with van der Waals surface area (Å²) in [4.78, 5) is 15.0. The van der Waals surface area contributed by atoms with Crippen molar-refractivity contribution in [2.45, 2.75) is 108 Å². The zero-order valence-corrected chi connectivity index (χ0v) is 19.6. The van der Waals surface area contributed by atoms with E-state index >= 15 is 0 Å². The van der Waals surface area contributed by atoms with Crippen molar-refractivity contribution in [1.29, 1.82) is 0 Å². The number of carbonyl (C=O) groups excluding carboxylic acids is 1. The van der Waals surface area contributed by atoms with Gasteiger partial charge in [-0.3, -0.25) is 0 Å². The zero-order valence-electron chi connectivity index (χ0n) is 19.6. The minimum atomic E-state index is -0.489. The second kappa shape index (κ2) is 8.65. The summed E-state index contributed by atoms with van der Waals surface area (Å²) in [5, 5.41) is 16.8. The first-order valence-corrected chi connectivity index (χ1v) is 11.8. The van der Waals surface area contributed by atoms with Crippen molar-refractivity contribution in [3.63, 3.8) is 0 Å². The fraction of sp³-hybridized carbons (Fsp3) is 0.909. The summed E-state index contributed by atoms with van der Waals surface area (Å²) in [5.74, 6) is 1.63. The van der Waals surface area contributed by atoms with Gasteiger partial charge in [0.15, 0.2) is 5.82 Å². The molecule has 0 spiro atoms. The third kappa shape index (κ3) is 4.72. The van der Waals surface area contributed by atoms with Gasteiger partial charge in [0.05, 0.1) is 5.54 Å². The number of amides is 1. The molecule has 174 valence electrons. The number of aromatic nitrogens is 4. The number of hydrogen-bond acceptors (Lipinski definition) is 7. The second-order valence-corrected chi connectivity index (χ2v) is 10.5. The number of hydrogen-bond donors (Lipinski definition) is 1. The van der Waals surface area contributed by atoms with E-state index in [1.807, 2.05) is 30.4 Å². The zero-order chi connectivity index (χ0) is 22.2. The first-order valence-electron chi connectivity index (χ1n) is 11.8. The van der Waals surface area contributed by atoms with E-state index in [4.69, 9.17) is 9.47 Å². The Kier molecular flexibility index (Phi) is 6.27. The number of methoxy groups -OCH3 is 1. The molecule has 1 amide bonds. The predicted molar refractivity (Wildman–Crippen MR) is 115 cm³/mol. The standard InChI is InChI=1S/C22H38N6O3/c1-6-15-12-18(15)23-22(19-24-25-26-27(19)10-7-11-30-5)13-16-8-9-17(14-22)28(16)20(29)31-21(2,3)4/h15-18,23H,6-14H2,1-5H3/t15-,16?,17?,18-,22?/m1/s1. The predicted octanol–water partition coefficient (Wildman–Crippen LogP) is 2.85. The summed E-state index contributed by atoms with van der Waals surface area (Å²) in [6, 6.07) is 0.787. The van der Waals surface area contributed by atoms with Crippen LogP contribution in [0.3, 0.4) is 0 Å². The molecule has 31 heavy (non-hydrogen) atoms. The Labute approximate surface area is 185 Å². The molecule has 3 aliphatic rings. The molecule has 3 fully saturated rings. The molecule has 1 aliphatic carbocycles. The van der Waals surface area contributed by atoms with Gasteiger partial charge in [-0.25, -0.2) is 9.48 Å². The molecule has 9 nitrogen and oxygen atoms in total. The maximum Gasteiger partial charge on any atom is 0.410 e. The number of tetrazole rings is 1. The number of aryl methyl sites for hydroxylation is 1. The van der Waals surface area contributed by atoms with Crippen LogP contribution in [-0.2, 0) is 21.6 Å². The first kappa shape index (κ1) is 22.5. The van der Waals surface area contributed by atoms with Gasteiger partial charge in [-0.2, -0.15) is 0 Å². The SMILES string of the molecule is CC[C@@H]1C[C@H]1NC1(c2nnnn2CCCOC)CC2CCC(C1)N2C(=O)OC(C)(C)C. The summed E-state index contributed by atoms with van der Waals surface area (Å²) < 4.78 is 12.9. The molecule has 9 heteroatoms. The van der Waals surface area contributed by atoms with E-state index in [0.29, 0.717) is 12.6 Å². The summed E-state index contributed by atoms with van der Waals surface area (Å²) in [6.45, 7) is 9.44. The van der Waals surface area contributed by atoms with Crippen LogP contribution in [0.5, 0.6) is 0 Å². The number of carbonyl (C=O) groups is 1. The average Bonchev–Trinajstić information content (AvgIpc) is 3.13. The van der Waals surface area contributed by atoms with E-state index in [0.717, 1.165) is 50.4 Å². The molecule has 4 rings (SSSR count). The second-order valence-electron chi connectivity index (χ2n) is 10.5. The number of ether oxygens (including phenoxy) is 2. The van der Waals surface area contributed by atoms with E-state index < -0.39 is 5.60 Å². The minimum absolute atomic E-state index is 0.143. The third-order valence-corrected chi connectivity index (χ3v) is 6.98. The normalized spacial score (nSPS) is 32.4. The van der Waals surface area contributed by atoms with Crippen LogP contribution >= 0.6 is 0 Å². The lowest BCUT2D eigenvalue weighted by Crippen LogP contribution is -2.59. The molecule has 2 unspecified atom stereocenters. The van der Waals surface area contributed by atoms with Crippen molar-refractivity contribution in [1.82, 2.24) is 30.4 Å². The molecule has 1 saturated carbocycles. The number of piperidine rings is 1. The highest BCUT2D eigenvalue weighted by Gasteiger charge is 2.56. The van der Waals surface area contributed by atoms with E-state index in [2.05, 4.69) is 27.8 Å².